The van der Waals surface area contributed by atoms with Gasteiger partial charge in [0.25, 0.3) is 0 Å². The van der Waals surface area contributed by atoms with Crippen molar-refractivity contribution in [3.05, 3.63) is 60.4 Å². The van der Waals surface area contributed by atoms with Gasteiger partial charge in [0.15, 0.2) is 5.82 Å². The molecular weight excluding hydrogens is 262 g/mol. The molecule has 0 aliphatic heterocycles. The van der Waals surface area contributed by atoms with E-state index in [0.29, 0.717) is 5.82 Å². The smallest absolute Gasteiger partial charge is 0.203 e. The lowest BCUT2D eigenvalue weighted by molar-refractivity contribution is 0.929. The number of para-hydroxylation sites is 3. The van der Waals surface area contributed by atoms with Gasteiger partial charge in [-0.1, -0.05) is 30.3 Å². The Kier molecular flexibility index (Phi) is 3.36. The topological polar surface area (TPSA) is 66.0 Å². The number of fused-ring (bicyclic) bond motifs is 1. The minimum atomic E-state index is 0.248. The zero-order valence-electron chi connectivity index (χ0n) is 11.5. The van der Waals surface area contributed by atoms with Crippen molar-refractivity contribution in [2.45, 2.75) is 0 Å². The number of benzene rings is 2. The van der Waals surface area contributed by atoms with Gasteiger partial charge in [-0.15, -0.1) is 0 Å². The minimum absolute atomic E-state index is 0.248. The van der Waals surface area contributed by atoms with Crippen LogP contribution in [0.2, 0.25) is 0 Å². The highest BCUT2D eigenvalue weighted by atomic mass is 15.3. The van der Waals surface area contributed by atoms with E-state index in [2.05, 4.69) is 21.6 Å². The third-order valence-corrected chi connectivity index (χ3v) is 3.18. The number of aryl methyl sites for hydroxylation is 1. The van der Waals surface area contributed by atoms with E-state index in [9.17, 15) is 5.26 Å². The average molecular weight is 275 g/mol. The van der Waals surface area contributed by atoms with Crippen LogP contribution in [0.4, 0.5) is 5.69 Å². The van der Waals surface area contributed by atoms with Gasteiger partial charge >= 0.3 is 0 Å². The van der Waals surface area contributed by atoms with Crippen molar-refractivity contribution in [3.8, 4) is 6.07 Å². The van der Waals surface area contributed by atoms with Gasteiger partial charge < -0.3 is 4.57 Å². The molecule has 0 saturated heterocycles. The Hall–Kier alpha value is -3.13. The number of aromatic nitrogens is 2. The summed E-state index contributed by atoms with van der Waals surface area (Å²) in [6.45, 7) is 0. The van der Waals surface area contributed by atoms with Crippen molar-refractivity contribution >= 4 is 22.4 Å². The number of nitriles is 1. The fourth-order valence-corrected chi connectivity index (χ4v) is 2.12. The summed E-state index contributed by atoms with van der Waals surface area (Å²) in [4.78, 5) is 4.47. The molecule has 5 heteroatoms. The van der Waals surface area contributed by atoms with Crippen molar-refractivity contribution in [1.29, 1.82) is 5.26 Å². The fraction of sp³-hybridized carbons (Fsp3) is 0.0625. The molecule has 3 aromatic rings. The van der Waals surface area contributed by atoms with Gasteiger partial charge in [0.2, 0.25) is 5.71 Å². The number of hydrogen-bond acceptors (Lipinski definition) is 4. The van der Waals surface area contributed by atoms with Crippen LogP contribution < -0.4 is 5.43 Å². The molecule has 102 valence electrons. The molecule has 0 aliphatic carbocycles. The molecule has 0 radical (unpaired) electrons. The summed E-state index contributed by atoms with van der Waals surface area (Å²) in [6, 6.07) is 19.3. The number of imidazole rings is 1. The Morgan fingerprint density at radius 2 is 1.86 bits per heavy atom. The summed E-state index contributed by atoms with van der Waals surface area (Å²) in [7, 11) is 1.88. The summed E-state index contributed by atoms with van der Waals surface area (Å²) in [6.07, 6.45) is 0. The maximum absolute atomic E-state index is 9.33. The number of anilines is 1. The second-order valence-electron chi connectivity index (χ2n) is 4.53. The van der Waals surface area contributed by atoms with E-state index in [1.165, 1.54) is 0 Å². The molecule has 5 nitrogen and oxygen atoms in total. The van der Waals surface area contributed by atoms with Crippen LogP contribution in [0.3, 0.4) is 0 Å². The Labute approximate surface area is 122 Å². The highest BCUT2D eigenvalue weighted by molar-refractivity contribution is 6.11. The molecule has 0 fully saturated rings. The quantitative estimate of drug-likeness (QED) is 0.590. The number of hydrazone groups is 1. The van der Waals surface area contributed by atoms with E-state index in [0.717, 1.165) is 16.7 Å². The predicted octanol–water partition coefficient (Wildman–Crippen LogP) is 2.91. The van der Waals surface area contributed by atoms with E-state index in [1.807, 2.05) is 66.2 Å². The number of rotatable bonds is 3. The third kappa shape index (κ3) is 2.47. The van der Waals surface area contributed by atoms with Crippen molar-refractivity contribution in [1.82, 2.24) is 9.55 Å². The lowest BCUT2D eigenvalue weighted by Crippen LogP contribution is -2.08. The van der Waals surface area contributed by atoms with Crippen molar-refractivity contribution in [2.75, 3.05) is 5.43 Å². The first-order valence-corrected chi connectivity index (χ1v) is 6.50. The highest BCUT2D eigenvalue weighted by Gasteiger charge is 2.13. The highest BCUT2D eigenvalue weighted by Crippen LogP contribution is 2.15. The van der Waals surface area contributed by atoms with E-state index in [1.54, 1.807) is 0 Å². The van der Waals surface area contributed by atoms with Gasteiger partial charge in [0.05, 0.1) is 16.7 Å². The van der Waals surface area contributed by atoms with E-state index in [4.69, 9.17) is 0 Å². The molecule has 0 bridgehead atoms. The largest absolute Gasteiger partial charge is 0.325 e. The molecular formula is C16H13N5. The van der Waals surface area contributed by atoms with Gasteiger partial charge in [0, 0.05) is 7.05 Å². The monoisotopic (exact) mass is 275 g/mol. The second-order valence-corrected chi connectivity index (χ2v) is 4.53. The Morgan fingerprint density at radius 3 is 2.57 bits per heavy atom. The van der Waals surface area contributed by atoms with Crippen LogP contribution in [0.15, 0.2) is 59.7 Å². The number of hydrogen-bond donors (Lipinski definition) is 1. The van der Waals surface area contributed by atoms with Crippen LogP contribution in [-0.2, 0) is 7.05 Å². The summed E-state index contributed by atoms with van der Waals surface area (Å²) in [5.74, 6) is 0.544. The summed E-state index contributed by atoms with van der Waals surface area (Å²) < 4.78 is 1.87. The molecule has 0 aliphatic rings. The van der Waals surface area contributed by atoms with Crippen LogP contribution in [0, 0.1) is 11.3 Å². The van der Waals surface area contributed by atoms with Crippen molar-refractivity contribution in [3.63, 3.8) is 0 Å². The summed E-state index contributed by atoms with van der Waals surface area (Å²) >= 11 is 0. The Balaban J connectivity index is 1.99. The molecule has 2 aromatic carbocycles. The first kappa shape index (κ1) is 12.9. The Bertz CT molecular complexity index is 840. The fourth-order valence-electron chi connectivity index (χ4n) is 2.12. The van der Waals surface area contributed by atoms with Gasteiger partial charge in [0.1, 0.15) is 6.07 Å². The maximum Gasteiger partial charge on any atom is 0.203 e. The van der Waals surface area contributed by atoms with Crippen LogP contribution in [0.5, 0.6) is 0 Å². The molecule has 3 rings (SSSR count). The van der Waals surface area contributed by atoms with Gasteiger partial charge in [-0.2, -0.15) is 10.4 Å². The average Bonchev–Trinajstić information content (AvgIpc) is 2.87. The number of nitrogens with one attached hydrogen (secondary N) is 1. The minimum Gasteiger partial charge on any atom is -0.325 e. The predicted molar refractivity (Wildman–Crippen MR) is 82.9 cm³/mol. The standard InChI is InChI=1S/C16H13N5/c1-21-15-10-6-5-9-13(15)18-16(21)14(11-17)20-19-12-7-3-2-4-8-12/h2-10,19H,1H3/b20-14-. The molecule has 0 spiro atoms. The molecule has 0 saturated carbocycles. The Morgan fingerprint density at radius 1 is 1.14 bits per heavy atom. The van der Waals surface area contributed by atoms with Crippen LogP contribution in [-0.4, -0.2) is 15.3 Å². The first-order chi connectivity index (χ1) is 10.3. The molecule has 21 heavy (non-hydrogen) atoms. The van der Waals surface area contributed by atoms with Gasteiger partial charge in [-0.25, -0.2) is 4.98 Å². The van der Waals surface area contributed by atoms with Crippen LogP contribution >= 0.6 is 0 Å². The summed E-state index contributed by atoms with van der Waals surface area (Å²) in [5, 5.41) is 13.5. The number of nitrogens with zero attached hydrogens (tertiary/aromatic N) is 4. The normalized spacial score (nSPS) is 11.3. The lowest BCUT2D eigenvalue weighted by atomic mass is 10.3. The first-order valence-electron chi connectivity index (χ1n) is 6.50. The van der Waals surface area contributed by atoms with E-state index >= 15 is 0 Å². The zero-order valence-corrected chi connectivity index (χ0v) is 11.5. The van der Waals surface area contributed by atoms with Gasteiger partial charge in [-0.3, -0.25) is 5.43 Å². The molecule has 0 atom stereocenters. The molecule has 0 amide bonds. The lowest BCUT2D eigenvalue weighted by Gasteiger charge is -2.02. The van der Waals surface area contributed by atoms with E-state index < -0.39 is 0 Å². The van der Waals surface area contributed by atoms with Gasteiger partial charge in [-0.05, 0) is 24.3 Å². The van der Waals surface area contributed by atoms with Crippen LogP contribution in [0.25, 0.3) is 11.0 Å². The molecule has 1 heterocycles. The summed E-state index contributed by atoms with van der Waals surface area (Å²) in [5.41, 5.74) is 5.76. The molecule has 1 N–H and O–H groups in total. The van der Waals surface area contributed by atoms with Crippen molar-refractivity contribution < 1.29 is 0 Å². The van der Waals surface area contributed by atoms with Crippen LogP contribution in [0.1, 0.15) is 5.82 Å². The third-order valence-electron chi connectivity index (χ3n) is 3.18. The molecule has 1 aromatic heterocycles. The van der Waals surface area contributed by atoms with E-state index in [-0.39, 0.29) is 5.71 Å². The molecule has 0 unspecified atom stereocenters. The zero-order chi connectivity index (χ0) is 14.7. The second kappa shape index (κ2) is 5.47. The SMILES string of the molecule is Cn1c(/C(C#N)=N\Nc2ccccc2)nc2ccccc21. The maximum atomic E-state index is 9.33. The van der Waals surface area contributed by atoms with Crippen molar-refractivity contribution in [2.24, 2.45) is 12.1 Å².